The molecule has 1 saturated heterocycles. The maximum absolute atomic E-state index is 15.4. The molecule has 1 heterocycles. The summed E-state index contributed by atoms with van der Waals surface area (Å²) in [4.78, 5) is 55.1. The van der Waals surface area contributed by atoms with Crippen molar-refractivity contribution in [2.75, 3.05) is 39.0 Å². The minimum atomic E-state index is -2.79. The Balaban J connectivity index is 1.57. The van der Waals surface area contributed by atoms with Gasteiger partial charge in [0, 0.05) is 23.1 Å². The highest BCUT2D eigenvalue weighted by Gasteiger charge is 2.64. The quantitative estimate of drug-likeness (QED) is 0.214. The van der Waals surface area contributed by atoms with E-state index in [0.29, 0.717) is 0 Å². The lowest BCUT2D eigenvalue weighted by Gasteiger charge is -2.50. The molecule has 0 aromatic heterocycles. The highest BCUT2D eigenvalue weighted by atomic mass is 19.1. The minimum Gasteiger partial charge on any atom is -0.508 e. The van der Waals surface area contributed by atoms with Crippen molar-refractivity contribution in [2.45, 2.75) is 43.7 Å². The molecule has 2 amide bonds. The molecule has 1 aromatic rings. The second-order valence-corrected chi connectivity index (χ2v) is 11.5. The lowest BCUT2D eigenvalue weighted by Crippen LogP contribution is -2.65. The normalized spacial score (nSPS) is 28.4. The molecule has 4 aliphatic rings. The Labute approximate surface area is 234 Å². The fourth-order valence-electron chi connectivity index (χ4n) is 6.87. The number of piperidine rings is 1. The average Bonchev–Trinajstić information content (AvgIpc) is 2.89. The smallest absolute Gasteiger partial charge is 0.255 e. The van der Waals surface area contributed by atoms with Gasteiger partial charge in [-0.2, -0.15) is 0 Å². The Hall–Kier alpha value is -3.81. The third kappa shape index (κ3) is 4.39. The molecule has 7 N–H and O–H groups in total. The van der Waals surface area contributed by atoms with Crippen LogP contribution in [0.4, 0.5) is 10.1 Å². The van der Waals surface area contributed by atoms with E-state index < -0.39 is 86.7 Å². The zero-order valence-electron chi connectivity index (χ0n) is 22.7. The number of hydrogen-bond donors (Lipinski definition) is 6. The number of nitrogens with two attached hydrogens (primary N) is 1. The van der Waals surface area contributed by atoms with Gasteiger partial charge in [0.05, 0.1) is 23.8 Å². The lowest BCUT2D eigenvalue weighted by molar-refractivity contribution is -0.153. The summed E-state index contributed by atoms with van der Waals surface area (Å²) in [6.45, 7) is 1.49. The number of hydrogen-bond acceptors (Lipinski definition) is 10. The van der Waals surface area contributed by atoms with E-state index >= 15 is 4.39 Å². The van der Waals surface area contributed by atoms with Gasteiger partial charge in [-0.25, -0.2) is 4.39 Å². The Morgan fingerprint density at radius 1 is 1.17 bits per heavy atom. The first-order chi connectivity index (χ1) is 19.3. The molecular weight excluding hydrogens is 539 g/mol. The number of amides is 2. The Bertz CT molecular complexity index is 1430. The van der Waals surface area contributed by atoms with Crippen molar-refractivity contribution >= 4 is 34.8 Å². The van der Waals surface area contributed by atoms with Crippen LogP contribution in [0, 0.1) is 17.7 Å². The number of aliphatic hydroxyl groups is 3. The first kappa shape index (κ1) is 28.7. The Kier molecular flexibility index (Phi) is 7.16. The average molecular weight is 573 g/mol. The van der Waals surface area contributed by atoms with Gasteiger partial charge in [-0.3, -0.25) is 29.0 Å². The van der Waals surface area contributed by atoms with Crippen LogP contribution in [0.1, 0.15) is 36.8 Å². The number of Topliss-reactive ketones (excluding diaryl/α,β-unsaturated/α-hetero) is 2. The third-order valence-electron chi connectivity index (χ3n) is 8.76. The first-order valence-electron chi connectivity index (χ1n) is 13.5. The lowest BCUT2D eigenvalue weighted by atomic mass is 9.57. The molecule has 12 nitrogen and oxygen atoms in total. The number of ketones is 2. The molecule has 0 unspecified atom stereocenters. The summed E-state index contributed by atoms with van der Waals surface area (Å²) in [6.07, 6.45) is 2.63. The standard InChI is InChI=1S/C28H33FN4O8/c1-32(2)21-14-9-12-8-13-15(29)10-16(31-17(34)11-33-6-4-3-5-7-33)22(35)19(13)23(36)18(12)25(38)28(14,41)26(39)20(24(21)37)27(30)40/h10,12,14,21,35-36,39,41H,3-9,11H2,1-2H3,(H2,30,40)(H,31,34)/t12-,14-,21-,28-/m0/s1. The number of aromatic hydroxyl groups is 1. The van der Waals surface area contributed by atoms with Crippen molar-refractivity contribution in [3.05, 3.63) is 39.9 Å². The van der Waals surface area contributed by atoms with Gasteiger partial charge in [0.15, 0.2) is 17.1 Å². The van der Waals surface area contributed by atoms with Gasteiger partial charge in [-0.1, -0.05) is 6.42 Å². The fraction of sp³-hybridized carbons (Fsp3) is 0.500. The summed E-state index contributed by atoms with van der Waals surface area (Å²) < 4.78 is 15.4. The molecule has 0 spiro atoms. The molecule has 1 aliphatic heterocycles. The van der Waals surface area contributed by atoms with Crippen LogP contribution in [0.5, 0.6) is 5.75 Å². The summed E-state index contributed by atoms with van der Waals surface area (Å²) in [5.74, 6) is -9.59. The number of aliphatic hydroxyl groups excluding tert-OH is 2. The number of likely N-dealkylation sites (tertiary alicyclic amines) is 1. The molecule has 1 saturated carbocycles. The van der Waals surface area contributed by atoms with Crippen LogP contribution in [0.25, 0.3) is 5.76 Å². The van der Waals surface area contributed by atoms with E-state index in [4.69, 9.17) is 5.73 Å². The van der Waals surface area contributed by atoms with Crippen LogP contribution in [0.3, 0.4) is 0 Å². The molecule has 0 bridgehead atoms. The highest BCUT2D eigenvalue weighted by molar-refractivity contribution is 6.24. The molecular formula is C28H33FN4O8. The van der Waals surface area contributed by atoms with Crippen molar-refractivity contribution in [3.8, 4) is 5.75 Å². The van der Waals surface area contributed by atoms with Gasteiger partial charge < -0.3 is 31.5 Å². The van der Waals surface area contributed by atoms with E-state index in [0.717, 1.165) is 38.4 Å². The third-order valence-corrected chi connectivity index (χ3v) is 8.76. The van der Waals surface area contributed by atoms with E-state index in [1.807, 2.05) is 4.90 Å². The Morgan fingerprint density at radius 3 is 2.44 bits per heavy atom. The second-order valence-electron chi connectivity index (χ2n) is 11.5. The van der Waals surface area contributed by atoms with Crippen LogP contribution in [-0.4, -0.2) is 99.0 Å². The number of primary amides is 1. The zero-order chi connectivity index (χ0) is 30.0. The summed E-state index contributed by atoms with van der Waals surface area (Å²) in [5.41, 5.74) is 0.376. The number of likely N-dealkylation sites (N-methyl/N-ethyl adjacent to an activating group) is 1. The summed E-state index contributed by atoms with van der Waals surface area (Å²) >= 11 is 0. The van der Waals surface area contributed by atoms with Crippen LogP contribution < -0.4 is 11.1 Å². The van der Waals surface area contributed by atoms with E-state index in [1.54, 1.807) is 0 Å². The van der Waals surface area contributed by atoms with Crippen molar-refractivity contribution in [1.82, 2.24) is 9.80 Å². The summed E-state index contributed by atoms with van der Waals surface area (Å²) in [5, 5.41) is 47.3. The van der Waals surface area contributed by atoms with E-state index in [-0.39, 0.29) is 30.6 Å². The number of benzene rings is 1. The number of carbonyl (C=O) groups is 4. The van der Waals surface area contributed by atoms with Gasteiger partial charge in [0.25, 0.3) is 5.91 Å². The number of carbonyl (C=O) groups excluding carboxylic acids is 4. The van der Waals surface area contributed by atoms with Crippen molar-refractivity contribution in [1.29, 1.82) is 0 Å². The van der Waals surface area contributed by atoms with Crippen molar-refractivity contribution < 1.29 is 44.0 Å². The SMILES string of the molecule is CN(C)[C@@H]1C(=O)C(C(N)=O)=C(O)[C@@]2(O)C(=O)C3=C(O)c4c(O)c(NC(=O)CN5CCCCC5)cc(F)c4C[C@H]3C[C@@H]12. The summed E-state index contributed by atoms with van der Waals surface area (Å²) in [6, 6.07) is -0.287. The Morgan fingerprint density at radius 2 is 1.83 bits per heavy atom. The molecule has 4 atom stereocenters. The van der Waals surface area contributed by atoms with Crippen molar-refractivity contribution in [3.63, 3.8) is 0 Å². The van der Waals surface area contributed by atoms with Crippen LogP contribution in [0.2, 0.25) is 0 Å². The zero-order valence-corrected chi connectivity index (χ0v) is 22.7. The molecule has 220 valence electrons. The molecule has 2 fully saturated rings. The van der Waals surface area contributed by atoms with Gasteiger partial charge >= 0.3 is 0 Å². The predicted octanol–water partition coefficient (Wildman–Crippen LogP) is 0.528. The molecule has 3 aliphatic carbocycles. The maximum Gasteiger partial charge on any atom is 0.255 e. The summed E-state index contributed by atoms with van der Waals surface area (Å²) in [7, 11) is 2.98. The minimum absolute atomic E-state index is 0.0275. The number of halogens is 1. The number of rotatable bonds is 5. The monoisotopic (exact) mass is 572 g/mol. The van der Waals surface area contributed by atoms with E-state index in [1.165, 1.54) is 19.0 Å². The molecule has 1 aromatic carbocycles. The number of phenols is 1. The predicted molar refractivity (Wildman–Crippen MR) is 143 cm³/mol. The van der Waals surface area contributed by atoms with Crippen LogP contribution >= 0.6 is 0 Å². The topological polar surface area (TPSA) is 194 Å². The van der Waals surface area contributed by atoms with Gasteiger partial charge in [0.1, 0.15) is 22.9 Å². The molecule has 41 heavy (non-hydrogen) atoms. The molecule has 0 radical (unpaired) electrons. The number of anilines is 1. The van der Waals surface area contributed by atoms with Gasteiger partial charge in [-0.15, -0.1) is 0 Å². The van der Waals surface area contributed by atoms with E-state index in [2.05, 4.69) is 5.32 Å². The number of nitrogens with zero attached hydrogens (tertiary/aromatic N) is 2. The molecule has 5 rings (SSSR count). The highest BCUT2D eigenvalue weighted by Crippen LogP contribution is 2.53. The van der Waals surface area contributed by atoms with Crippen molar-refractivity contribution in [2.24, 2.45) is 17.6 Å². The van der Waals surface area contributed by atoms with Crippen LogP contribution in [0.15, 0.2) is 23.0 Å². The number of fused-ring (bicyclic) bond motifs is 3. The fourth-order valence-corrected chi connectivity index (χ4v) is 6.87. The van der Waals surface area contributed by atoms with Crippen LogP contribution in [-0.2, 0) is 25.6 Å². The largest absolute Gasteiger partial charge is 0.508 e. The van der Waals surface area contributed by atoms with Gasteiger partial charge in [0.2, 0.25) is 11.7 Å². The van der Waals surface area contributed by atoms with E-state index in [9.17, 15) is 39.6 Å². The number of phenolic OH excluding ortho intramolecular Hbond substituents is 1. The maximum atomic E-state index is 15.4. The first-order valence-corrected chi connectivity index (χ1v) is 13.5. The number of nitrogens with one attached hydrogen (secondary N) is 1. The molecule has 13 heteroatoms. The second kappa shape index (κ2) is 10.2. The van der Waals surface area contributed by atoms with Gasteiger partial charge in [-0.05, 0) is 58.8 Å².